The van der Waals surface area contributed by atoms with Gasteiger partial charge in [0.1, 0.15) is 5.75 Å². The predicted octanol–water partition coefficient (Wildman–Crippen LogP) is 2.74. The third kappa shape index (κ3) is 3.24. The maximum atomic E-state index is 5.65. The van der Waals surface area contributed by atoms with Gasteiger partial charge in [0.25, 0.3) is 0 Å². The molecule has 1 aromatic rings. The minimum atomic E-state index is 0.770. The van der Waals surface area contributed by atoms with Gasteiger partial charge in [-0.25, -0.2) is 0 Å². The molecule has 0 saturated carbocycles. The van der Waals surface area contributed by atoms with Crippen LogP contribution in [0.1, 0.15) is 26.2 Å². The fourth-order valence-corrected chi connectivity index (χ4v) is 2.25. The maximum Gasteiger partial charge on any atom is 0.119 e. The van der Waals surface area contributed by atoms with Crippen molar-refractivity contribution in [2.45, 2.75) is 32.2 Å². The average molecular weight is 218 g/mol. The van der Waals surface area contributed by atoms with Gasteiger partial charge in [-0.2, -0.15) is 0 Å². The van der Waals surface area contributed by atoms with Crippen molar-refractivity contribution in [2.24, 2.45) is 0 Å². The highest BCUT2D eigenvalue weighted by Crippen LogP contribution is 2.16. The number of rotatable bonds is 5. The number of benzene rings is 1. The summed E-state index contributed by atoms with van der Waals surface area (Å²) in [6.45, 7) is 5.57. The first-order valence-corrected chi connectivity index (χ1v) is 6.19. The fourth-order valence-electron chi connectivity index (χ4n) is 2.25. The SMILES string of the molecule is CC1CCCN1CCCOc1cc[c]cc1. The molecule has 1 atom stereocenters. The molecule has 1 aliphatic heterocycles. The third-order valence-electron chi connectivity index (χ3n) is 3.24. The first-order valence-electron chi connectivity index (χ1n) is 6.19. The summed E-state index contributed by atoms with van der Waals surface area (Å²) >= 11 is 0. The van der Waals surface area contributed by atoms with E-state index in [0.717, 1.165) is 24.8 Å². The molecule has 16 heavy (non-hydrogen) atoms. The van der Waals surface area contributed by atoms with Crippen LogP contribution in [0.15, 0.2) is 24.3 Å². The molecule has 2 nitrogen and oxygen atoms in total. The highest BCUT2D eigenvalue weighted by Gasteiger charge is 2.18. The quantitative estimate of drug-likeness (QED) is 0.705. The van der Waals surface area contributed by atoms with Gasteiger partial charge in [-0.05, 0) is 50.9 Å². The Morgan fingerprint density at radius 2 is 2.25 bits per heavy atom. The van der Waals surface area contributed by atoms with Crippen LogP contribution in [-0.2, 0) is 0 Å². The van der Waals surface area contributed by atoms with Gasteiger partial charge in [-0.15, -0.1) is 0 Å². The van der Waals surface area contributed by atoms with E-state index in [1.807, 2.05) is 24.3 Å². The molecule has 1 unspecified atom stereocenters. The summed E-state index contributed by atoms with van der Waals surface area (Å²) in [5.41, 5.74) is 0. The van der Waals surface area contributed by atoms with Gasteiger partial charge in [0.2, 0.25) is 0 Å². The van der Waals surface area contributed by atoms with Gasteiger partial charge < -0.3 is 9.64 Å². The molecule has 2 heteroatoms. The van der Waals surface area contributed by atoms with Gasteiger partial charge >= 0.3 is 0 Å². The molecule has 87 valence electrons. The van der Waals surface area contributed by atoms with E-state index in [1.165, 1.54) is 25.9 Å². The lowest BCUT2D eigenvalue weighted by Crippen LogP contribution is -2.28. The van der Waals surface area contributed by atoms with Crippen molar-refractivity contribution in [3.05, 3.63) is 30.3 Å². The Bertz CT molecular complexity index is 299. The van der Waals surface area contributed by atoms with Crippen LogP contribution in [0, 0.1) is 6.07 Å². The van der Waals surface area contributed by atoms with E-state index in [4.69, 9.17) is 4.74 Å². The smallest absolute Gasteiger partial charge is 0.119 e. The Labute approximate surface area is 98.2 Å². The zero-order valence-corrected chi connectivity index (χ0v) is 9.98. The molecule has 1 aliphatic rings. The van der Waals surface area contributed by atoms with Crippen LogP contribution in [0.25, 0.3) is 0 Å². The van der Waals surface area contributed by atoms with E-state index < -0.39 is 0 Å². The Balaban J connectivity index is 1.62. The molecular formula is C14H20NO. The van der Waals surface area contributed by atoms with Gasteiger partial charge in [0, 0.05) is 12.6 Å². The zero-order valence-electron chi connectivity index (χ0n) is 9.98. The van der Waals surface area contributed by atoms with Crippen LogP contribution in [0.4, 0.5) is 0 Å². The largest absolute Gasteiger partial charge is 0.494 e. The Kier molecular flexibility index (Phi) is 4.23. The molecule has 1 radical (unpaired) electrons. The molecule has 1 fully saturated rings. The lowest BCUT2D eigenvalue weighted by Gasteiger charge is -2.20. The minimum Gasteiger partial charge on any atom is -0.494 e. The van der Waals surface area contributed by atoms with Gasteiger partial charge in [-0.3, -0.25) is 0 Å². The molecule has 1 aromatic carbocycles. The van der Waals surface area contributed by atoms with Crippen LogP contribution in [0.2, 0.25) is 0 Å². The molecule has 1 saturated heterocycles. The monoisotopic (exact) mass is 218 g/mol. The second-order valence-electron chi connectivity index (χ2n) is 4.46. The molecule has 0 amide bonds. The Morgan fingerprint density at radius 1 is 1.44 bits per heavy atom. The molecular weight excluding hydrogens is 198 g/mol. The first kappa shape index (κ1) is 11.5. The van der Waals surface area contributed by atoms with E-state index in [0.29, 0.717) is 0 Å². The second-order valence-corrected chi connectivity index (χ2v) is 4.46. The van der Waals surface area contributed by atoms with Crippen LogP contribution in [-0.4, -0.2) is 30.6 Å². The van der Waals surface area contributed by atoms with Crippen molar-refractivity contribution >= 4 is 0 Å². The van der Waals surface area contributed by atoms with Gasteiger partial charge in [0.05, 0.1) is 6.61 Å². The van der Waals surface area contributed by atoms with Crippen molar-refractivity contribution in [3.63, 3.8) is 0 Å². The van der Waals surface area contributed by atoms with E-state index in [-0.39, 0.29) is 0 Å². The normalized spacial score (nSPS) is 21.2. The van der Waals surface area contributed by atoms with E-state index in [1.54, 1.807) is 0 Å². The standard InChI is InChI=1S/C14H20NO/c1-13-7-5-10-15(13)11-6-12-16-14-8-3-2-4-9-14/h3-4,8-9,13H,5-7,10-12H2,1H3. The molecule has 2 rings (SSSR count). The first-order chi connectivity index (χ1) is 7.86. The summed E-state index contributed by atoms with van der Waals surface area (Å²) in [5, 5.41) is 0. The average Bonchev–Trinajstić information content (AvgIpc) is 2.72. The lowest BCUT2D eigenvalue weighted by atomic mass is 10.2. The number of likely N-dealkylation sites (tertiary alicyclic amines) is 1. The van der Waals surface area contributed by atoms with E-state index in [9.17, 15) is 0 Å². The number of nitrogens with zero attached hydrogens (tertiary/aromatic N) is 1. The highest BCUT2D eigenvalue weighted by molar-refractivity contribution is 5.20. The summed E-state index contributed by atoms with van der Waals surface area (Å²) < 4.78 is 5.65. The van der Waals surface area contributed by atoms with Crippen LogP contribution in [0.3, 0.4) is 0 Å². The highest BCUT2D eigenvalue weighted by atomic mass is 16.5. The summed E-state index contributed by atoms with van der Waals surface area (Å²) in [7, 11) is 0. The van der Waals surface area contributed by atoms with Crippen LogP contribution < -0.4 is 4.74 Å². The van der Waals surface area contributed by atoms with Crippen molar-refractivity contribution in [1.82, 2.24) is 4.90 Å². The molecule has 0 N–H and O–H groups in total. The van der Waals surface area contributed by atoms with Crippen molar-refractivity contribution in [1.29, 1.82) is 0 Å². The lowest BCUT2D eigenvalue weighted by molar-refractivity contribution is 0.230. The Morgan fingerprint density at radius 3 is 2.94 bits per heavy atom. The summed E-state index contributed by atoms with van der Waals surface area (Å²) in [5.74, 6) is 0.952. The summed E-state index contributed by atoms with van der Waals surface area (Å²) in [6, 6.07) is 11.4. The predicted molar refractivity (Wildman–Crippen MR) is 65.7 cm³/mol. The van der Waals surface area contributed by atoms with Crippen LogP contribution in [0.5, 0.6) is 5.75 Å². The summed E-state index contributed by atoms with van der Waals surface area (Å²) in [4.78, 5) is 2.56. The van der Waals surface area contributed by atoms with Gasteiger partial charge in [0.15, 0.2) is 0 Å². The van der Waals surface area contributed by atoms with E-state index >= 15 is 0 Å². The van der Waals surface area contributed by atoms with E-state index in [2.05, 4.69) is 17.9 Å². The minimum absolute atomic E-state index is 0.770. The Hall–Kier alpha value is -1.02. The van der Waals surface area contributed by atoms with Crippen molar-refractivity contribution in [3.8, 4) is 5.75 Å². The van der Waals surface area contributed by atoms with Gasteiger partial charge in [-0.1, -0.05) is 12.1 Å². The molecule has 0 aliphatic carbocycles. The molecule has 0 bridgehead atoms. The topological polar surface area (TPSA) is 12.5 Å². The molecule has 1 heterocycles. The second kappa shape index (κ2) is 5.90. The number of hydrogen-bond acceptors (Lipinski definition) is 2. The van der Waals surface area contributed by atoms with Crippen molar-refractivity contribution < 1.29 is 4.74 Å². The third-order valence-corrected chi connectivity index (χ3v) is 3.24. The van der Waals surface area contributed by atoms with Crippen LogP contribution >= 0.6 is 0 Å². The van der Waals surface area contributed by atoms with Crippen molar-refractivity contribution in [2.75, 3.05) is 19.7 Å². The zero-order chi connectivity index (χ0) is 11.2. The summed E-state index contributed by atoms with van der Waals surface area (Å²) in [6.07, 6.45) is 3.83. The fraction of sp³-hybridized carbons (Fsp3) is 0.571. The number of ether oxygens (including phenoxy) is 1. The molecule has 0 aromatic heterocycles. The number of hydrogen-bond donors (Lipinski definition) is 0. The maximum absolute atomic E-state index is 5.65. The molecule has 0 spiro atoms.